The number of para-hydroxylation sites is 1. The van der Waals surface area contributed by atoms with Crippen molar-refractivity contribution in [1.82, 2.24) is 20.2 Å². The number of nitrogens with zero attached hydrogens (tertiary/aromatic N) is 2. The molecule has 172 valence electrons. The van der Waals surface area contributed by atoms with Crippen LogP contribution in [0.1, 0.15) is 45.4 Å². The first-order valence-corrected chi connectivity index (χ1v) is 10.9. The molecule has 1 atom stereocenters. The first kappa shape index (κ1) is 22.4. The second kappa shape index (κ2) is 9.77. The lowest BCUT2D eigenvalue weighted by molar-refractivity contribution is 0.0701. The lowest BCUT2D eigenvalue weighted by atomic mass is 9.96. The van der Waals surface area contributed by atoms with Crippen LogP contribution in [0.5, 0.6) is 11.5 Å². The number of nitrogens with one attached hydrogen (secondary N) is 2. The van der Waals surface area contributed by atoms with Crippen molar-refractivity contribution in [1.29, 1.82) is 0 Å². The SMILES string of the molecule is CNC(=O)c1[nH]c([C@@H]2CCCN(C(=O)c3ccccc3OC)C2)nc1-c1ccc(OC)cc1. The maximum atomic E-state index is 13.2. The molecule has 2 amide bonds. The molecule has 0 aliphatic carbocycles. The topological polar surface area (TPSA) is 96.6 Å². The molecular weight excluding hydrogens is 420 g/mol. The average molecular weight is 449 g/mol. The van der Waals surface area contributed by atoms with Gasteiger partial charge in [-0.1, -0.05) is 12.1 Å². The molecule has 1 saturated heterocycles. The molecule has 2 N–H and O–H groups in total. The molecule has 1 aliphatic rings. The van der Waals surface area contributed by atoms with E-state index in [2.05, 4.69) is 10.3 Å². The van der Waals surface area contributed by atoms with Crippen LogP contribution < -0.4 is 14.8 Å². The summed E-state index contributed by atoms with van der Waals surface area (Å²) in [5.41, 5.74) is 2.35. The highest BCUT2D eigenvalue weighted by Crippen LogP contribution is 2.31. The second-order valence-electron chi connectivity index (χ2n) is 7.94. The lowest BCUT2D eigenvalue weighted by Gasteiger charge is -2.32. The number of likely N-dealkylation sites (tertiary alicyclic amines) is 1. The summed E-state index contributed by atoms with van der Waals surface area (Å²) in [4.78, 5) is 35.7. The van der Waals surface area contributed by atoms with Crippen LogP contribution in [0.4, 0.5) is 0 Å². The summed E-state index contributed by atoms with van der Waals surface area (Å²) in [6.45, 7) is 1.18. The molecule has 1 aromatic heterocycles. The van der Waals surface area contributed by atoms with Gasteiger partial charge >= 0.3 is 0 Å². The van der Waals surface area contributed by atoms with Crippen molar-refractivity contribution in [2.75, 3.05) is 34.4 Å². The predicted molar refractivity (Wildman–Crippen MR) is 125 cm³/mol. The number of aromatic amines is 1. The summed E-state index contributed by atoms with van der Waals surface area (Å²) >= 11 is 0. The Bertz CT molecular complexity index is 1140. The molecule has 0 radical (unpaired) electrons. The molecule has 0 spiro atoms. The van der Waals surface area contributed by atoms with E-state index in [4.69, 9.17) is 14.5 Å². The zero-order valence-corrected chi connectivity index (χ0v) is 19.1. The highest BCUT2D eigenvalue weighted by Gasteiger charge is 2.30. The number of ether oxygens (including phenoxy) is 2. The predicted octanol–water partition coefficient (Wildman–Crippen LogP) is 3.47. The maximum absolute atomic E-state index is 13.2. The van der Waals surface area contributed by atoms with Crippen LogP contribution >= 0.6 is 0 Å². The zero-order chi connectivity index (χ0) is 23.4. The standard InChI is InChI=1S/C25H28N4O4/c1-26-24(30)22-21(16-10-12-18(32-2)13-11-16)27-23(28-22)17-7-6-14-29(15-17)25(31)19-8-4-5-9-20(19)33-3/h4-5,8-13,17H,6-7,14-15H2,1-3H3,(H,26,30)(H,27,28)/t17-/m1/s1. The van der Waals surface area contributed by atoms with E-state index in [1.807, 2.05) is 41.3 Å². The monoisotopic (exact) mass is 448 g/mol. The highest BCUT2D eigenvalue weighted by molar-refractivity contribution is 5.98. The van der Waals surface area contributed by atoms with Gasteiger partial charge in [0.15, 0.2) is 0 Å². The van der Waals surface area contributed by atoms with Gasteiger partial charge in [0, 0.05) is 31.6 Å². The van der Waals surface area contributed by atoms with Crippen molar-refractivity contribution < 1.29 is 19.1 Å². The lowest BCUT2D eigenvalue weighted by Crippen LogP contribution is -2.39. The molecule has 1 aliphatic heterocycles. The Morgan fingerprint density at radius 3 is 2.55 bits per heavy atom. The number of piperidine rings is 1. The number of benzene rings is 2. The van der Waals surface area contributed by atoms with Crippen LogP contribution in [0.15, 0.2) is 48.5 Å². The molecule has 1 fully saturated rings. The van der Waals surface area contributed by atoms with E-state index < -0.39 is 0 Å². The van der Waals surface area contributed by atoms with Crippen LogP contribution in [-0.2, 0) is 0 Å². The third-order valence-corrected chi connectivity index (χ3v) is 5.97. The molecule has 8 nitrogen and oxygen atoms in total. The van der Waals surface area contributed by atoms with Crippen molar-refractivity contribution >= 4 is 11.8 Å². The van der Waals surface area contributed by atoms with Gasteiger partial charge in [0.05, 0.1) is 19.8 Å². The highest BCUT2D eigenvalue weighted by atomic mass is 16.5. The van der Waals surface area contributed by atoms with E-state index >= 15 is 0 Å². The third kappa shape index (κ3) is 4.55. The van der Waals surface area contributed by atoms with Crippen molar-refractivity contribution in [2.24, 2.45) is 0 Å². The molecule has 8 heteroatoms. The Labute approximate surface area is 192 Å². The first-order chi connectivity index (χ1) is 16.0. The van der Waals surface area contributed by atoms with Crippen LogP contribution in [0, 0.1) is 0 Å². The number of amides is 2. The minimum absolute atomic E-state index is 0.00666. The Morgan fingerprint density at radius 2 is 1.85 bits per heavy atom. The largest absolute Gasteiger partial charge is 0.497 e. The molecular formula is C25H28N4O4. The number of H-pyrrole nitrogens is 1. The van der Waals surface area contributed by atoms with E-state index in [0.717, 1.165) is 24.2 Å². The Balaban J connectivity index is 1.62. The molecule has 2 aromatic carbocycles. The first-order valence-electron chi connectivity index (χ1n) is 10.9. The van der Waals surface area contributed by atoms with Gasteiger partial charge in [0.2, 0.25) is 0 Å². The van der Waals surface area contributed by atoms with Gasteiger partial charge < -0.3 is 24.7 Å². The summed E-state index contributed by atoms with van der Waals surface area (Å²) in [6, 6.07) is 14.7. The van der Waals surface area contributed by atoms with Gasteiger partial charge in [-0.3, -0.25) is 9.59 Å². The van der Waals surface area contributed by atoms with Gasteiger partial charge in [0.25, 0.3) is 11.8 Å². The number of hydrogen-bond donors (Lipinski definition) is 2. The smallest absolute Gasteiger partial charge is 0.269 e. The van der Waals surface area contributed by atoms with Gasteiger partial charge in [-0.25, -0.2) is 4.98 Å². The fourth-order valence-corrected chi connectivity index (χ4v) is 4.21. The number of methoxy groups -OCH3 is 2. The van der Waals surface area contributed by atoms with Crippen LogP contribution in [0.3, 0.4) is 0 Å². The molecule has 3 aromatic rings. The fourth-order valence-electron chi connectivity index (χ4n) is 4.21. The summed E-state index contributed by atoms with van der Waals surface area (Å²) in [6.07, 6.45) is 1.72. The van der Waals surface area contributed by atoms with Gasteiger partial charge in [-0.05, 0) is 49.2 Å². The number of aromatic nitrogens is 2. The zero-order valence-electron chi connectivity index (χ0n) is 19.1. The number of imidazole rings is 1. The number of hydrogen-bond acceptors (Lipinski definition) is 5. The summed E-state index contributed by atoms with van der Waals surface area (Å²) < 4.78 is 10.6. The normalized spacial score (nSPS) is 15.7. The molecule has 0 saturated carbocycles. The fraction of sp³-hybridized carbons (Fsp3) is 0.320. The Hall–Kier alpha value is -3.81. The van der Waals surface area contributed by atoms with Crippen LogP contribution in [0.25, 0.3) is 11.3 Å². The number of carbonyl (C=O) groups excluding carboxylic acids is 2. The molecule has 0 unspecified atom stereocenters. The van der Waals surface area contributed by atoms with Gasteiger partial charge in [-0.15, -0.1) is 0 Å². The molecule has 4 rings (SSSR count). The van der Waals surface area contributed by atoms with Crippen molar-refractivity contribution in [3.05, 3.63) is 65.6 Å². The molecule has 0 bridgehead atoms. The number of carbonyl (C=O) groups is 2. The minimum Gasteiger partial charge on any atom is -0.497 e. The van der Waals surface area contributed by atoms with E-state index in [9.17, 15) is 9.59 Å². The maximum Gasteiger partial charge on any atom is 0.269 e. The average Bonchev–Trinajstić information content (AvgIpc) is 3.33. The molecule has 33 heavy (non-hydrogen) atoms. The van der Waals surface area contributed by atoms with Crippen molar-refractivity contribution in [3.8, 4) is 22.8 Å². The second-order valence-corrected chi connectivity index (χ2v) is 7.94. The Kier molecular flexibility index (Phi) is 6.63. The van der Waals surface area contributed by atoms with Crippen molar-refractivity contribution in [2.45, 2.75) is 18.8 Å². The van der Waals surface area contributed by atoms with Gasteiger partial charge in [0.1, 0.15) is 28.7 Å². The summed E-state index contributed by atoms with van der Waals surface area (Å²) in [5, 5.41) is 2.68. The summed E-state index contributed by atoms with van der Waals surface area (Å²) in [5.74, 6) is 1.69. The van der Waals surface area contributed by atoms with Crippen molar-refractivity contribution in [3.63, 3.8) is 0 Å². The van der Waals surface area contributed by atoms with E-state index in [1.54, 1.807) is 33.4 Å². The Morgan fingerprint density at radius 1 is 1.09 bits per heavy atom. The van der Waals surface area contributed by atoms with Crippen LogP contribution in [0.2, 0.25) is 0 Å². The van der Waals surface area contributed by atoms with E-state index in [1.165, 1.54) is 0 Å². The molecule has 2 heterocycles. The summed E-state index contributed by atoms with van der Waals surface area (Å²) in [7, 11) is 4.77. The third-order valence-electron chi connectivity index (χ3n) is 5.97. The van der Waals surface area contributed by atoms with Crippen LogP contribution in [-0.4, -0.2) is 61.0 Å². The van der Waals surface area contributed by atoms with E-state index in [0.29, 0.717) is 41.6 Å². The van der Waals surface area contributed by atoms with Gasteiger partial charge in [-0.2, -0.15) is 0 Å². The number of rotatable bonds is 6. The van der Waals surface area contributed by atoms with E-state index in [-0.39, 0.29) is 17.7 Å². The minimum atomic E-state index is -0.239. The quantitative estimate of drug-likeness (QED) is 0.602.